The number of thioether (sulfide) groups is 1. The zero-order valence-corrected chi connectivity index (χ0v) is 9.68. The molecule has 0 aromatic rings. The van der Waals surface area contributed by atoms with Gasteiger partial charge in [-0.15, -0.1) is 4.99 Å². The molecule has 1 atom stereocenters. The van der Waals surface area contributed by atoms with Crippen LogP contribution in [0.25, 0.3) is 0 Å². The van der Waals surface area contributed by atoms with Crippen molar-refractivity contribution in [1.82, 2.24) is 4.90 Å². The average molecular weight is 211 g/mol. The van der Waals surface area contributed by atoms with Gasteiger partial charge in [-0.25, -0.2) is 0 Å². The summed E-state index contributed by atoms with van der Waals surface area (Å²) in [6, 6.07) is 0. The van der Waals surface area contributed by atoms with Crippen molar-refractivity contribution >= 4 is 16.9 Å². The summed E-state index contributed by atoms with van der Waals surface area (Å²) in [6.07, 6.45) is 7.63. The van der Waals surface area contributed by atoms with E-state index in [2.05, 4.69) is 16.8 Å². The van der Waals surface area contributed by atoms with Crippen LogP contribution >= 0.6 is 11.8 Å². The second-order valence-corrected chi connectivity index (χ2v) is 4.33. The lowest BCUT2D eigenvalue weighted by Gasteiger charge is -2.33. The Bertz CT molecular complexity index is 244. The van der Waals surface area contributed by atoms with E-state index in [1.165, 1.54) is 19.3 Å². The Hall–Kier alpha value is -0.690. The van der Waals surface area contributed by atoms with Gasteiger partial charge in [-0.3, -0.25) is 0 Å². The molecular weight excluding hydrogens is 194 g/mol. The molecule has 1 aliphatic heterocycles. The van der Waals surface area contributed by atoms with E-state index in [0.717, 1.165) is 24.2 Å². The van der Waals surface area contributed by atoms with Crippen molar-refractivity contribution in [1.29, 1.82) is 5.26 Å². The summed E-state index contributed by atoms with van der Waals surface area (Å²) in [5, 5.41) is 9.42. The lowest BCUT2D eigenvalue weighted by Crippen LogP contribution is -2.38. The Kier molecular flexibility index (Phi) is 4.81. The minimum atomic E-state index is 0.778. The van der Waals surface area contributed by atoms with Crippen LogP contribution in [0, 0.1) is 17.4 Å². The topological polar surface area (TPSA) is 39.4 Å². The molecule has 0 saturated carbocycles. The Morgan fingerprint density at radius 2 is 2.50 bits per heavy atom. The van der Waals surface area contributed by atoms with E-state index in [-0.39, 0.29) is 0 Å². The first-order valence-electron chi connectivity index (χ1n) is 5.07. The van der Waals surface area contributed by atoms with Gasteiger partial charge in [0.25, 0.3) is 0 Å². The molecule has 0 aromatic heterocycles. The van der Waals surface area contributed by atoms with Crippen LogP contribution in [-0.4, -0.2) is 29.4 Å². The van der Waals surface area contributed by atoms with Crippen molar-refractivity contribution in [3.63, 3.8) is 0 Å². The van der Waals surface area contributed by atoms with E-state index in [0.29, 0.717) is 0 Å². The number of amidine groups is 1. The third kappa shape index (κ3) is 2.91. The molecule has 1 rings (SSSR count). The summed E-state index contributed by atoms with van der Waals surface area (Å²) in [6.45, 7) is 4.35. The number of aliphatic imine (C=N–C) groups is 1. The highest BCUT2D eigenvalue weighted by atomic mass is 32.2. The summed E-state index contributed by atoms with van der Waals surface area (Å²) in [5.41, 5.74) is 0. The standard InChI is InChI=1S/C10H17N3S/c1-3-9-5-4-6-13(7-9)10(14-2)12-8-11/h9H,3-7H2,1-2H3. The first-order valence-corrected chi connectivity index (χ1v) is 6.30. The molecule has 1 fully saturated rings. The molecular formula is C10H17N3S. The lowest BCUT2D eigenvalue weighted by atomic mass is 9.96. The van der Waals surface area contributed by atoms with Crippen molar-refractivity contribution in [2.75, 3.05) is 19.3 Å². The van der Waals surface area contributed by atoms with Gasteiger partial charge < -0.3 is 4.90 Å². The van der Waals surface area contributed by atoms with Gasteiger partial charge in [-0.2, -0.15) is 5.26 Å². The first kappa shape index (κ1) is 11.4. The Balaban J connectivity index is 2.58. The Labute approximate surface area is 90.2 Å². The SMILES string of the molecule is CCC1CCCN(C(=NC#N)SC)C1. The van der Waals surface area contributed by atoms with Gasteiger partial charge in [0.2, 0.25) is 6.19 Å². The molecule has 3 nitrogen and oxygen atoms in total. The zero-order chi connectivity index (χ0) is 10.4. The molecule has 1 unspecified atom stereocenters. The summed E-state index contributed by atoms with van der Waals surface area (Å²) >= 11 is 1.57. The van der Waals surface area contributed by atoms with Gasteiger partial charge >= 0.3 is 0 Å². The molecule has 1 saturated heterocycles. The first-order chi connectivity index (χ1) is 6.81. The maximum absolute atomic E-state index is 8.54. The molecule has 0 aliphatic carbocycles. The molecule has 14 heavy (non-hydrogen) atoms. The number of likely N-dealkylation sites (tertiary alicyclic amines) is 1. The van der Waals surface area contributed by atoms with E-state index >= 15 is 0 Å². The molecule has 0 aromatic carbocycles. The van der Waals surface area contributed by atoms with E-state index < -0.39 is 0 Å². The van der Waals surface area contributed by atoms with Crippen LogP contribution in [0.2, 0.25) is 0 Å². The lowest BCUT2D eigenvalue weighted by molar-refractivity contribution is 0.257. The Morgan fingerprint density at radius 3 is 3.07 bits per heavy atom. The monoisotopic (exact) mass is 211 g/mol. The molecule has 0 radical (unpaired) electrons. The highest BCUT2D eigenvalue weighted by Crippen LogP contribution is 2.21. The Morgan fingerprint density at radius 1 is 1.71 bits per heavy atom. The van der Waals surface area contributed by atoms with Crippen molar-refractivity contribution in [3.05, 3.63) is 0 Å². The highest BCUT2D eigenvalue weighted by Gasteiger charge is 2.20. The van der Waals surface area contributed by atoms with Crippen LogP contribution in [-0.2, 0) is 0 Å². The average Bonchev–Trinajstić information content (AvgIpc) is 2.26. The van der Waals surface area contributed by atoms with Gasteiger partial charge in [-0.05, 0) is 25.0 Å². The molecule has 0 amide bonds. The van der Waals surface area contributed by atoms with E-state index in [1.807, 2.05) is 12.4 Å². The molecule has 1 aliphatic rings. The van der Waals surface area contributed by atoms with Crippen LogP contribution in [0.3, 0.4) is 0 Å². The summed E-state index contributed by atoms with van der Waals surface area (Å²) in [4.78, 5) is 6.09. The highest BCUT2D eigenvalue weighted by molar-refractivity contribution is 8.13. The predicted molar refractivity (Wildman–Crippen MR) is 61.2 cm³/mol. The number of nitriles is 1. The summed E-state index contributed by atoms with van der Waals surface area (Å²) in [7, 11) is 0. The summed E-state index contributed by atoms with van der Waals surface area (Å²) in [5.74, 6) is 0.778. The second kappa shape index (κ2) is 5.92. The van der Waals surface area contributed by atoms with Gasteiger partial charge in [-0.1, -0.05) is 25.1 Å². The van der Waals surface area contributed by atoms with Crippen molar-refractivity contribution < 1.29 is 0 Å². The third-order valence-electron chi connectivity index (χ3n) is 2.70. The fourth-order valence-corrected chi connectivity index (χ4v) is 2.42. The third-order valence-corrected chi connectivity index (χ3v) is 3.41. The molecule has 0 N–H and O–H groups in total. The number of piperidine rings is 1. The van der Waals surface area contributed by atoms with Crippen LogP contribution in [0.1, 0.15) is 26.2 Å². The fraction of sp³-hybridized carbons (Fsp3) is 0.800. The van der Waals surface area contributed by atoms with Crippen LogP contribution < -0.4 is 0 Å². The van der Waals surface area contributed by atoms with Gasteiger partial charge in [0.05, 0.1) is 0 Å². The minimum Gasteiger partial charge on any atom is -0.350 e. The second-order valence-electron chi connectivity index (χ2n) is 3.56. The number of hydrogen-bond donors (Lipinski definition) is 0. The maximum atomic E-state index is 8.54. The van der Waals surface area contributed by atoms with E-state index in [9.17, 15) is 0 Å². The van der Waals surface area contributed by atoms with E-state index in [4.69, 9.17) is 5.26 Å². The molecule has 78 valence electrons. The molecule has 0 spiro atoms. The van der Waals surface area contributed by atoms with Gasteiger partial charge in [0.1, 0.15) is 0 Å². The smallest absolute Gasteiger partial charge is 0.208 e. The van der Waals surface area contributed by atoms with Crippen molar-refractivity contribution in [3.8, 4) is 6.19 Å². The van der Waals surface area contributed by atoms with Gasteiger partial charge in [0, 0.05) is 13.1 Å². The molecule has 0 bridgehead atoms. The van der Waals surface area contributed by atoms with Crippen LogP contribution in [0.4, 0.5) is 0 Å². The molecule has 4 heteroatoms. The number of hydrogen-bond acceptors (Lipinski definition) is 3. The summed E-state index contributed by atoms with van der Waals surface area (Å²) < 4.78 is 0. The normalized spacial score (nSPS) is 23.4. The minimum absolute atomic E-state index is 0.778. The molecule has 1 heterocycles. The number of nitrogens with zero attached hydrogens (tertiary/aromatic N) is 3. The largest absolute Gasteiger partial charge is 0.350 e. The quantitative estimate of drug-likeness (QED) is 0.379. The zero-order valence-electron chi connectivity index (χ0n) is 8.86. The van der Waals surface area contributed by atoms with Crippen molar-refractivity contribution in [2.45, 2.75) is 26.2 Å². The van der Waals surface area contributed by atoms with Crippen molar-refractivity contribution in [2.24, 2.45) is 10.9 Å². The van der Waals surface area contributed by atoms with Gasteiger partial charge in [0.15, 0.2) is 5.17 Å². The van der Waals surface area contributed by atoms with Crippen LogP contribution in [0.5, 0.6) is 0 Å². The maximum Gasteiger partial charge on any atom is 0.208 e. The van der Waals surface area contributed by atoms with Crippen LogP contribution in [0.15, 0.2) is 4.99 Å². The fourth-order valence-electron chi connectivity index (χ4n) is 1.86. The number of rotatable bonds is 1. The van der Waals surface area contributed by atoms with E-state index in [1.54, 1.807) is 11.8 Å². The predicted octanol–water partition coefficient (Wildman–Crippen LogP) is 2.31.